The summed E-state index contributed by atoms with van der Waals surface area (Å²) in [4.78, 5) is 10.5. The molecule has 10 heavy (non-hydrogen) atoms. The second-order valence-corrected chi connectivity index (χ2v) is 3.41. The van der Waals surface area contributed by atoms with E-state index in [-0.39, 0.29) is 11.3 Å². The quantitative estimate of drug-likeness (QED) is 0.606. The Labute approximate surface area is 64.2 Å². The number of nitrogens with one attached hydrogen (secondary N) is 1. The fourth-order valence-electron chi connectivity index (χ4n) is 1.18. The fourth-order valence-corrected chi connectivity index (χ4v) is 2.02. The van der Waals surface area contributed by atoms with Crippen molar-refractivity contribution in [3.8, 4) is 0 Å². The number of aliphatic carboxylic acids is 1. The van der Waals surface area contributed by atoms with Crippen molar-refractivity contribution in [3.63, 3.8) is 0 Å². The van der Waals surface area contributed by atoms with Crippen LogP contribution in [0.4, 0.5) is 0 Å². The molecule has 1 fully saturated rings. The van der Waals surface area contributed by atoms with Gasteiger partial charge >= 0.3 is 5.97 Å². The van der Waals surface area contributed by atoms with E-state index in [9.17, 15) is 4.79 Å². The highest BCUT2D eigenvalue weighted by molar-refractivity contribution is 7.99. The average Bonchev–Trinajstić information content (AvgIpc) is 2.33. The van der Waals surface area contributed by atoms with Crippen molar-refractivity contribution in [2.24, 2.45) is 0 Å². The van der Waals surface area contributed by atoms with E-state index in [4.69, 9.17) is 5.11 Å². The maximum absolute atomic E-state index is 10.5. The topological polar surface area (TPSA) is 49.3 Å². The lowest BCUT2D eigenvalue weighted by Crippen LogP contribution is -2.36. The maximum Gasteiger partial charge on any atom is 0.321 e. The number of hydrogen-bond acceptors (Lipinski definition) is 3. The predicted octanol–water partition coefficient (Wildman–Crippen LogP) is 0.165. The van der Waals surface area contributed by atoms with Gasteiger partial charge in [-0.25, -0.2) is 0 Å². The van der Waals surface area contributed by atoms with Gasteiger partial charge in [-0.15, -0.1) is 0 Å². The number of thioether (sulfide) groups is 1. The van der Waals surface area contributed by atoms with Crippen molar-refractivity contribution < 1.29 is 9.90 Å². The molecule has 1 heterocycles. The van der Waals surface area contributed by atoms with E-state index in [0.717, 1.165) is 13.0 Å². The Bertz CT molecular complexity index is 140. The lowest BCUT2D eigenvalue weighted by atomic mass is 10.2. The van der Waals surface area contributed by atoms with E-state index in [2.05, 4.69) is 5.32 Å². The van der Waals surface area contributed by atoms with Crippen LogP contribution in [0, 0.1) is 0 Å². The Morgan fingerprint density at radius 2 is 2.50 bits per heavy atom. The molecule has 2 N–H and O–H groups in total. The summed E-state index contributed by atoms with van der Waals surface area (Å²) in [6, 6.07) is -0.324. The normalized spacial score (nSPS) is 32.5. The standard InChI is InChI=1S/C6H11NO2S/c1-10-4-2-3-7-5(4)6(8)9/h4-5,7H,2-3H2,1H3,(H,8,9)/t4-,5-/m1/s1. The third kappa shape index (κ3) is 1.44. The van der Waals surface area contributed by atoms with Crippen LogP contribution < -0.4 is 5.32 Å². The van der Waals surface area contributed by atoms with Crippen molar-refractivity contribution in [3.05, 3.63) is 0 Å². The van der Waals surface area contributed by atoms with Crippen molar-refractivity contribution in [2.45, 2.75) is 17.7 Å². The molecule has 0 unspecified atom stereocenters. The SMILES string of the molecule is CS[C@@H]1CCN[C@H]1C(=O)O. The summed E-state index contributed by atoms with van der Waals surface area (Å²) < 4.78 is 0. The highest BCUT2D eigenvalue weighted by atomic mass is 32.2. The summed E-state index contributed by atoms with van der Waals surface area (Å²) >= 11 is 1.63. The Kier molecular flexibility index (Phi) is 2.56. The smallest absolute Gasteiger partial charge is 0.321 e. The Balaban J connectivity index is 2.50. The maximum atomic E-state index is 10.5. The zero-order valence-corrected chi connectivity index (χ0v) is 6.65. The van der Waals surface area contributed by atoms with Crippen LogP contribution in [0.5, 0.6) is 0 Å². The number of hydrogen-bond donors (Lipinski definition) is 2. The molecular formula is C6H11NO2S. The first-order chi connectivity index (χ1) is 4.75. The number of carboxylic acids is 1. The van der Waals surface area contributed by atoms with E-state index >= 15 is 0 Å². The first kappa shape index (κ1) is 7.88. The van der Waals surface area contributed by atoms with Gasteiger partial charge in [0.15, 0.2) is 0 Å². The number of rotatable bonds is 2. The molecule has 0 radical (unpaired) electrons. The van der Waals surface area contributed by atoms with Gasteiger partial charge in [0.05, 0.1) is 0 Å². The van der Waals surface area contributed by atoms with Crippen LogP contribution >= 0.6 is 11.8 Å². The minimum atomic E-state index is -0.725. The third-order valence-electron chi connectivity index (χ3n) is 1.73. The predicted molar refractivity (Wildman–Crippen MR) is 41.3 cm³/mol. The summed E-state index contributed by atoms with van der Waals surface area (Å²) in [7, 11) is 0. The van der Waals surface area contributed by atoms with E-state index in [1.807, 2.05) is 6.26 Å². The molecule has 1 rings (SSSR count). The Morgan fingerprint density at radius 3 is 2.90 bits per heavy atom. The van der Waals surface area contributed by atoms with Crippen LogP contribution in [0.25, 0.3) is 0 Å². The number of carbonyl (C=O) groups is 1. The second kappa shape index (κ2) is 3.25. The summed E-state index contributed by atoms with van der Waals surface area (Å²) in [5.74, 6) is -0.725. The second-order valence-electron chi connectivity index (χ2n) is 2.33. The molecule has 0 aromatic rings. The molecule has 3 nitrogen and oxygen atoms in total. The molecule has 2 atom stereocenters. The Morgan fingerprint density at radius 1 is 1.80 bits per heavy atom. The van der Waals surface area contributed by atoms with Crippen molar-refractivity contribution in [2.75, 3.05) is 12.8 Å². The highest BCUT2D eigenvalue weighted by Gasteiger charge is 2.31. The van der Waals surface area contributed by atoms with Crippen molar-refractivity contribution in [1.82, 2.24) is 5.32 Å². The molecule has 1 saturated heterocycles. The zero-order chi connectivity index (χ0) is 7.56. The summed E-state index contributed by atoms with van der Waals surface area (Å²) in [5, 5.41) is 11.8. The molecule has 1 aliphatic rings. The summed E-state index contributed by atoms with van der Waals surface area (Å²) in [6.45, 7) is 0.836. The van der Waals surface area contributed by atoms with Crippen LogP contribution in [0.3, 0.4) is 0 Å². The molecule has 0 saturated carbocycles. The lowest BCUT2D eigenvalue weighted by Gasteiger charge is -2.11. The van der Waals surface area contributed by atoms with Crippen LogP contribution in [0.1, 0.15) is 6.42 Å². The first-order valence-electron chi connectivity index (χ1n) is 3.24. The molecule has 0 spiro atoms. The molecular weight excluding hydrogens is 150 g/mol. The summed E-state index contributed by atoms with van der Waals surface area (Å²) in [6.07, 6.45) is 2.92. The van der Waals surface area contributed by atoms with Gasteiger partial charge in [0.1, 0.15) is 6.04 Å². The number of carboxylic acid groups (broad SMARTS) is 1. The molecule has 1 aliphatic heterocycles. The van der Waals surface area contributed by atoms with Crippen LogP contribution in [-0.4, -0.2) is 35.2 Å². The molecule has 0 aliphatic carbocycles. The van der Waals surface area contributed by atoms with Crippen LogP contribution in [0.2, 0.25) is 0 Å². The lowest BCUT2D eigenvalue weighted by molar-refractivity contribution is -0.138. The molecule has 0 aromatic heterocycles. The van der Waals surface area contributed by atoms with Gasteiger partial charge in [-0.2, -0.15) is 11.8 Å². The van der Waals surface area contributed by atoms with Gasteiger partial charge in [0.2, 0.25) is 0 Å². The van der Waals surface area contributed by atoms with Gasteiger partial charge in [-0.1, -0.05) is 0 Å². The Hall–Kier alpha value is -0.220. The molecule has 0 aromatic carbocycles. The fraction of sp³-hybridized carbons (Fsp3) is 0.833. The van der Waals surface area contributed by atoms with E-state index in [1.54, 1.807) is 11.8 Å². The minimum absolute atomic E-state index is 0.262. The monoisotopic (exact) mass is 161 g/mol. The first-order valence-corrected chi connectivity index (χ1v) is 4.53. The minimum Gasteiger partial charge on any atom is -0.480 e. The van der Waals surface area contributed by atoms with E-state index < -0.39 is 5.97 Å². The average molecular weight is 161 g/mol. The van der Waals surface area contributed by atoms with Crippen molar-refractivity contribution in [1.29, 1.82) is 0 Å². The van der Waals surface area contributed by atoms with Gasteiger partial charge in [-0.3, -0.25) is 4.79 Å². The highest BCUT2D eigenvalue weighted by Crippen LogP contribution is 2.19. The van der Waals surface area contributed by atoms with Crippen LogP contribution in [0.15, 0.2) is 0 Å². The molecule has 0 bridgehead atoms. The molecule has 4 heteroatoms. The zero-order valence-electron chi connectivity index (χ0n) is 5.83. The van der Waals surface area contributed by atoms with Crippen LogP contribution in [-0.2, 0) is 4.79 Å². The molecule has 0 amide bonds. The largest absolute Gasteiger partial charge is 0.480 e. The van der Waals surface area contributed by atoms with E-state index in [0.29, 0.717) is 0 Å². The van der Waals surface area contributed by atoms with Gasteiger partial charge in [0, 0.05) is 5.25 Å². The van der Waals surface area contributed by atoms with E-state index in [1.165, 1.54) is 0 Å². The molecule has 58 valence electrons. The van der Waals surface area contributed by atoms with Crippen molar-refractivity contribution >= 4 is 17.7 Å². The van der Waals surface area contributed by atoms with Gasteiger partial charge in [0.25, 0.3) is 0 Å². The van der Waals surface area contributed by atoms with Gasteiger partial charge in [-0.05, 0) is 19.2 Å². The van der Waals surface area contributed by atoms with Gasteiger partial charge < -0.3 is 10.4 Å². The third-order valence-corrected chi connectivity index (χ3v) is 2.85. The summed E-state index contributed by atoms with van der Waals surface area (Å²) in [5.41, 5.74) is 0.